The molecule has 0 heterocycles. The predicted molar refractivity (Wildman–Crippen MR) is 46.6 cm³/mol. The summed E-state index contributed by atoms with van der Waals surface area (Å²) in [4.78, 5) is 10.6. The molecule has 1 aromatic rings. The molecule has 0 amide bonds. The molecule has 0 saturated heterocycles. The van der Waals surface area contributed by atoms with Crippen molar-refractivity contribution in [2.75, 3.05) is 0 Å². The van der Waals surface area contributed by atoms with Gasteiger partial charge in [0, 0.05) is 5.02 Å². The second-order valence-corrected chi connectivity index (χ2v) is 3.36. The Bertz CT molecular complexity index is 414. The van der Waals surface area contributed by atoms with Crippen LogP contribution in [0.5, 0.6) is 0 Å². The number of hydrogen-bond acceptors (Lipinski definition) is 1. The van der Waals surface area contributed by atoms with Crippen LogP contribution >= 0.6 is 23.2 Å². The first-order chi connectivity index (χ1) is 6.73. The normalized spacial score (nSPS) is 11.6. The molecule has 0 N–H and O–H groups in total. The molecule has 1 aromatic carbocycles. The number of halogens is 6. The standard InChI is InChI=1S/C8H2Cl2F4O/c9-3-1-4(8(12,13)14)6(7(10)15)5(11)2-3/h1-2H. The van der Waals surface area contributed by atoms with Crippen LogP contribution in [0.4, 0.5) is 17.6 Å². The molecular weight excluding hydrogens is 259 g/mol. The monoisotopic (exact) mass is 260 g/mol. The van der Waals surface area contributed by atoms with Crippen molar-refractivity contribution in [3.63, 3.8) is 0 Å². The van der Waals surface area contributed by atoms with Gasteiger partial charge in [-0.05, 0) is 23.7 Å². The quantitative estimate of drug-likeness (QED) is 0.553. The Morgan fingerprint density at radius 2 is 1.80 bits per heavy atom. The van der Waals surface area contributed by atoms with Crippen molar-refractivity contribution >= 4 is 28.4 Å². The predicted octanol–water partition coefficient (Wildman–Crippen LogP) is 3.88. The fourth-order valence-corrected chi connectivity index (χ4v) is 1.39. The summed E-state index contributed by atoms with van der Waals surface area (Å²) in [5.74, 6) is -1.39. The second-order valence-electron chi connectivity index (χ2n) is 2.58. The van der Waals surface area contributed by atoms with Crippen molar-refractivity contribution in [1.29, 1.82) is 0 Å². The summed E-state index contributed by atoms with van der Waals surface area (Å²) in [6.45, 7) is 0. The fourth-order valence-electron chi connectivity index (χ4n) is 0.997. The maximum absolute atomic E-state index is 13.0. The number of benzene rings is 1. The first kappa shape index (κ1) is 12.3. The summed E-state index contributed by atoms with van der Waals surface area (Å²) >= 11 is 10.1. The Hall–Kier alpha value is -0.810. The van der Waals surface area contributed by atoms with E-state index in [4.69, 9.17) is 23.2 Å². The van der Waals surface area contributed by atoms with Crippen molar-refractivity contribution in [1.82, 2.24) is 0 Å². The van der Waals surface area contributed by atoms with Gasteiger partial charge in [0.15, 0.2) is 0 Å². The van der Waals surface area contributed by atoms with E-state index < -0.39 is 33.4 Å². The Morgan fingerprint density at radius 3 is 2.20 bits per heavy atom. The van der Waals surface area contributed by atoms with Crippen molar-refractivity contribution in [3.05, 3.63) is 34.1 Å². The summed E-state index contributed by atoms with van der Waals surface area (Å²) in [5.41, 5.74) is -2.69. The molecule has 0 bridgehead atoms. The molecule has 7 heteroatoms. The lowest BCUT2D eigenvalue weighted by Gasteiger charge is -2.11. The largest absolute Gasteiger partial charge is 0.417 e. The molecule has 0 atom stereocenters. The zero-order chi connectivity index (χ0) is 11.8. The van der Waals surface area contributed by atoms with Crippen LogP contribution in [0.3, 0.4) is 0 Å². The van der Waals surface area contributed by atoms with Crippen LogP contribution in [0.1, 0.15) is 15.9 Å². The molecule has 0 fully saturated rings. The third-order valence-electron chi connectivity index (χ3n) is 1.56. The number of carbonyl (C=O) groups is 1. The highest BCUT2D eigenvalue weighted by atomic mass is 35.5. The van der Waals surface area contributed by atoms with Crippen molar-refractivity contribution in [2.24, 2.45) is 0 Å². The molecule has 0 aliphatic heterocycles. The molecule has 0 saturated carbocycles. The zero-order valence-corrected chi connectivity index (χ0v) is 8.34. The lowest BCUT2D eigenvalue weighted by molar-refractivity contribution is -0.138. The van der Waals surface area contributed by atoms with Crippen molar-refractivity contribution in [3.8, 4) is 0 Å². The lowest BCUT2D eigenvalue weighted by Crippen LogP contribution is -2.12. The lowest BCUT2D eigenvalue weighted by atomic mass is 10.1. The van der Waals surface area contributed by atoms with Gasteiger partial charge in [0.1, 0.15) is 5.82 Å². The molecule has 0 spiro atoms. The minimum Gasteiger partial charge on any atom is -0.275 e. The molecule has 0 aliphatic carbocycles. The maximum Gasteiger partial charge on any atom is 0.417 e. The van der Waals surface area contributed by atoms with E-state index in [2.05, 4.69) is 0 Å². The highest BCUT2D eigenvalue weighted by Crippen LogP contribution is 2.35. The third-order valence-corrected chi connectivity index (χ3v) is 1.96. The number of hydrogen-bond donors (Lipinski definition) is 0. The Kier molecular flexibility index (Phi) is 3.25. The van der Waals surface area contributed by atoms with E-state index in [-0.39, 0.29) is 0 Å². The van der Waals surface area contributed by atoms with Gasteiger partial charge in [0.25, 0.3) is 5.24 Å². The van der Waals surface area contributed by atoms with Gasteiger partial charge in [-0.25, -0.2) is 4.39 Å². The van der Waals surface area contributed by atoms with Gasteiger partial charge in [-0.3, -0.25) is 4.79 Å². The maximum atomic E-state index is 13.0. The summed E-state index contributed by atoms with van der Waals surface area (Å²) < 4.78 is 50.0. The SMILES string of the molecule is O=C(Cl)c1c(F)cc(Cl)cc1C(F)(F)F. The Morgan fingerprint density at radius 1 is 1.27 bits per heavy atom. The summed E-state index contributed by atoms with van der Waals surface area (Å²) in [6, 6.07) is 1.03. The average Bonchev–Trinajstić information content (AvgIpc) is 1.99. The van der Waals surface area contributed by atoms with E-state index in [1.807, 2.05) is 0 Å². The molecule has 0 aromatic heterocycles. The van der Waals surface area contributed by atoms with Gasteiger partial charge in [0.05, 0.1) is 11.1 Å². The van der Waals surface area contributed by atoms with E-state index in [1.54, 1.807) is 0 Å². The fraction of sp³-hybridized carbons (Fsp3) is 0.125. The van der Waals surface area contributed by atoms with E-state index in [9.17, 15) is 22.4 Å². The first-order valence-electron chi connectivity index (χ1n) is 3.49. The van der Waals surface area contributed by atoms with Crippen molar-refractivity contribution < 1.29 is 22.4 Å². The van der Waals surface area contributed by atoms with Gasteiger partial charge in [-0.1, -0.05) is 11.6 Å². The van der Waals surface area contributed by atoms with Crippen LogP contribution < -0.4 is 0 Å². The van der Waals surface area contributed by atoms with E-state index in [1.165, 1.54) is 0 Å². The smallest absolute Gasteiger partial charge is 0.275 e. The third kappa shape index (κ3) is 2.60. The second kappa shape index (κ2) is 3.98. The van der Waals surface area contributed by atoms with E-state index in [0.717, 1.165) is 0 Å². The minimum atomic E-state index is -4.88. The summed E-state index contributed by atoms with van der Waals surface area (Å²) in [5, 5.41) is -1.97. The number of rotatable bonds is 1. The summed E-state index contributed by atoms with van der Waals surface area (Å²) in [6.07, 6.45) is -4.88. The first-order valence-corrected chi connectivity index (χ1v) is 4.25. The average molecular weight is 261 g/mol. The van der Waals surface area contributed by atoms with Crippen LogP contribution in [0.25, 0.3) is 0 Å². The van der Waals surface area contributed by atoms with Crippen molar-refractivity contribution in [2.45, 2.75) is 6.18 Å². The van der Waals surface area contributed by atoms with Gasteiger partial charge >= 0.3 is 6.18 Å². The summed E-state index contributed by atoms with van der Waals surface area (Å²) in [7, 11) is 0. The van der Waals surface area contributed by atoms with Gasteiger partial charge in [-0.15, -0.1) is 0 Å². The highest BCUT2D eigenvalue weighted by molar-refractivity contribution is 6.68. The molecule has 15 heavy (non-hydrogen) atoms. The van der Waals surface area contributed by atoms with Crippen LogP contribution in [-0.2, 0) is 6.18 Å². The minimum absolute atomic E-state index is 0.445. The van der Waals surface area contributed by atoms with Crippen LogP contribution in [0, 0.1) is 5.82 Å². The molecule has 1 nitrogen and oxygen atoms in total. The molecule has 0 aliphatic rings. The van der Waals surface area contributed by atoms with E-state index >= 15 is 0 Å². The van der Waals surface area contributed by atoms with Gasteiger partial charge in [-0.2, -0.15) is 13.2 Å². The highest BCUT2D eigenvalue weighted by Gasteiger charge is 2.37. The molecular formula is C8H2Cl2F4O. The molecule has 0 unspecified atom stereocenters. The van der Waals surface area contributed by atoms with Crippen LogP contribution in [0.15, 0.2) is 12.1 Å². The molecule has 1 rings (SSSR count). The molecule has 82 valence electrons. The zero-order valence-electron chi connectivity index (χ0n) is 6.83. The van der Waals surface area contributed by atoms with Gasteiger partial charge < -0.3 is 0 Å². The Balaban J connectivity index is 3.54. The topological polar surface area (TPSA) is 17.1 Å². The molecule has 0 radical (unpaired) electrons. The van der Waals surface area contributed by atoms with Gasteiger partial charge in [0.2, 0.25) is 0 Å². The van der Waals surface area contributed by atoms with E-state index in [0.29, 0.717) is 12.1 Å². The Labute approximate surface area is 91.6 Å². The number of alkyl halides is 3. The number of carbonyl (C=O) groups excluding carboxylic acids is 1. The van der Waals surface area contributed by atoms with Crippen LogP contribution in [-0.4, -0.2) is 5.24 Å². The van der Waals surface area contributed by atoms with Crippen LogP contribution in [0.2, 0.25) is 5.02 Å².